The van der Waals surface area contributed by atoms with Gasteiger partial charge >= 0.3 is 0 Å². The molecule has 3 nitrogen and oxygen atoms in total. The van der Waals surface area contributed by atoms with Gasteiger partial charge in [-0.25, -0.2) is 4.39 Å². The zero-order valence-electron chi connectivity index (χ0n) is 13.2. The second kappa shape index (κ2) is 7.18. The van der Waals surface area contributed by atoms with Gasteiger partial charge in [0.1, 0.15) is 5.82 Å². The van der Waals surface area contributed by atoms with Crippen molar-refractivity contribution in [2.24, 2.45) is 0 Å². The molecule has 0 heterocycles. The molecule has 0 bridgehead atoms. The van der Waals surface area contributed by atoms with Gasteiger partial charge in [-0.1, -0.05) is 35.9 Å². The molecule has 0 aliphatic carbocycles. The van der Waals surface area contributed by atoms with Gasteiger partial charge < -0.3 is 5.32 Å². The van der Waals surface area contributed by atoms with E-state index in [1.165, 1.54) is 6.07 Å². The van der Waals surface area contributed by atoms with E-state index >= 15 is 0 Å². The van der Waals surface area contributed by atoms with E-state index < -0.39 is 0 Å². The molecule has 0 radical (unpaired) electrons. The Balaban J connectivity index is 1.93. The summed E-state index contributed by atoms with van der Waals surface area (Å²) < 4.78 is 13.6. The highest BCUT2D eigenvalue weighted by atomic mass is 19.1. The van der Waals surface area contributed by atoms with Crippen molar-refractivity contribution >= 4 is 11.6 Å². The third-order valence-electron chi connectivity index (χ3n) is 3.47. The number of rotatable bonds is 5. The number of carbonyl (C=O) groups is 1. The van der Waals surface area contributed by atoms with E-state index in [-0.39, 0.29) is 18.3 Å². The molecule has 0 aliphatic heterocycles. The van der Waals surface area contributed by atoms with Crippen molar-refractivity contribution in [3.05, 3.63) is 65.0 Å². The van der Waals surface area contributed by atoms with Gasteiger partial charge in [0.05, 0.1) is 6.54 Å². The minimum absolute atomic E-state index is 0.106. The molecule has 0 aliphatic rings. The normalized spacial score (nSPS) is 10.8. The summed E-state index contributed by atoms with van der Waals surface area (Å²) in [4.78, 5) is 13.9. The average molecular weight is 300 g/mol. The first-order valence-electron chi connectivity index (χ1n) is 7.25. The molecule has 2 aromatic carbocycles. The Morgan fingerprint density at radius 2 is 1.91 bits per heavy atom. The molecule has 0 saturated heterocycles. The molecule has 1 amide bonds. The Bertz CT molecular complexity index is 670. The fraction of sp³-hybridized carbons (Fsp3) is 0.278. The lowest BCUT2D eigenvalue weighted by Crippen LogP contribution is -2.30. The first-order valence-corrected chi connectivity index (χ1v) is 7.25. The molecule has 2 rings (SSSR count). The summed E-state index contributed by atoms with van der Waals surface area (Å²) in [6, 6.07) is 12.5. The molecule has 2 aromatic rings. The van der Waals surface area contributed by atoms with Crippen molar-refractivity contribution in [1.82, 2.24) is 4.90 Å². The molecule has 0 spiro atoms. The van der Waals surface area contributed by atoms with E-state index in [0.29, 0.717) is 12.1 Å². The zero-order valence-corrected chi connectivity index (χ0v) is 13.2. The molecule has 4 heteroatoms. The van der Waals surface area contributed by atoms with Crippen LogP contribution in [0.3, 0.4) is 0 Å². The molecule has 0 unspecified atom stereocenters. The minimum atomic E-state index is -0.246. The van der Waals surface area contributed by atoms with Gasteiger partial charge in [0, 0.05) is 17.8 Å². The standard InChI is InChI=1S/C18H21FN2O/c1-13-8-9-17(14(2)10-13)20-18(22)12-21(3)11-15-6-4-5-7-16(15)19/h4-10H,11-12H2,1-3H3,(H,20,22). The Kier molecular flexibility index (Phi) is 5.28. The second-order valence-corrected chi connectivity index (χ2v) is 5.63. The summed E-state index contributed by atoms with van der Waals surface area (Å²) >= 11 is 0. The van der Waals surface area contributed by atoms with Crippen molar-refractivity contribution in [3.8, 4) is 0 Å². The van der Waals surface area contributed by atoms with Gasteiger partial charge in [0.2, 0.25) is 5.91 Å². The van der Waals surface area contributed by atoms with Gasteiger partial charge in [0.15, 0.2) is 0 Å². The van der Waals surface area contributed by atoms with Crippen LogP contribution in [0.15, 0.2) is 42.5 Å². The number of benzene rings is 2. The Morgan fingerprint density at radius 3 is 2.59 bits per heavy atom. The summed E-state index contributed by atoms with van der Waals surface area (Å²) in [7, 11) is 1.80. The van der Waals surface area contributed by atoms with Crippen LogP contribution in [0, 0.1) is 19.7 Å². The van der Waals surface area contributed by atoms with Crippen molar-refractivity contribution in [2.75, 3.05) is 18.9 Å². The maximum Gasteiger partial charge on any atom is 0.238 e. The largest absolute Gasteiger partial charge is 0.325 e. The van der Waals surface area contributed by atoms with Crippen molar-refractivity contribution in [2.45, 2.75) is 20.4 Å². The first-order chi connectivity index (χ1) is 10.5. The number of amides is 1. The van der Waals surface area contributed by atoms with Gasteiger partial charge in [-0.2, -0.15) is 0 Å². The van der Waals surface area contributed by atoms with Crippen LogP contribution in [0.1, 0.15) is 16.7 Å². The number of anilines is 1. The second-order valence-electron chi connectivity index (χ2n) is 5.63. The molecule has 116 valence electrons. The molecular weight excluding hydrogens is 279 g/mol. The highest BCUT2D eigenvalue weighted by Gasteiger charge is 2.10. The molecule has 0 aromatic heterocycles. The SMILES string of the molecule is Cc1ccc(NC(=O)CN(C)Cc2ccccc2F)c(C)c1. The Morgan fingerprint density at radius 1 is 1.18 bits per heavy atom. The highest BCUT2D eigenvalue weighted by Crippen LogP contribution is 2.16. The van der Waals surface area contributed by atoms with Crippen LogP contribution in [0.25, 0.3) is 0 Å². The maximum absolute atomic E-state index is 13.6. The molecule has 0 saturated carbocycles. The fourth-order valence-electron chi connectivity index (χ4n) is 2.36. The van der Waals surface area contributed by atoms with Gasteiger partial charge in [-0.05, 0) is 38.6 Å². The number of hydrogen-bond acceptors (Lipinski definition) is 2. The van der Waals surface area contributed by atoms with Crippen LogP contribution in [-0.2, 0) is 11.3 Å². The van der Waals surface area contributed by atoms with Crippen LogP contribution >= 0.6 is 0 Å². The summed E-state index contributed by atoms with van der Waals surface area (Å²) in [5, 5.41) is 2.89. The van der Waals surface area contributed by atoms with Crippen LogP contribution in [0.5, 0.6) is 0 Å². The van der Waals surface area contributed by atoms with E-state index in [1.807, 2.05) is 32.0 Å². The van der Waals surface area contributed by atoms with E-state index in [0.717, 1.165) is 16.8 Å². The van der Waals surface area contributed by atoms with Crippen LogP contribution in [-0.4, -0.2) is 24.4 Å². The number of carbonyl (C=O) groups excluding carboxylic acids is 1. The predicted molar refractivity (Wildman–Crippen MR) is 87.3 cm³/mol. The van der Waals surface area contributed by atoms with Gasteiger partial charge in [-0.3, -0.25) is 9.69 Å². The van der Waals surface area contributed by atoms with Crippen LogP contribution < -0.4 is 5.32 Å². The van der Waals surface area contributed by atoms with E-state index in [4.69, 9.17) is 0 Å². The number of halogens is 1. The smallest absolute Gasteiger partial charge is 0.238 e. The van der Waals surface area contributed by atoms with Crippen molar-refractivity contribution in [1.29, 1.82) is 0 Å². The molecule has 1 N–H and O–H groups in total. The first kappa shape index (κ1) is 16.2. The summed E-state index contributed by atoms with van der Waals surface area (Å²) in [6.07, 6.45) is 0. The van der Waals surface area contributed by atoms with Gasteiger partial charge in [-0.15, -0.1) is 0 Å². The van der Waals surface area contributed by atoms with Crippen molar-refractivity contribution < 1.29 is 9.18 Å². The number of nitrogens with one attached hydrogen (secondary N) is 1. The Labute approximate surface area is 130 Å². The Hall–Kier alpha value is -2.20. The topological polar surface area (TPSA) is 32.3 Å². The predicted octanol–water partition coefficient (Wildman–Crippen LogP) is 3.51. The monoisotopic (exact) mass is 300 g/mol. The van der Waals surface area contributed by atoms with Crippen LogP contribution in [0.4, 0.5) is 10.1 Å². The number of aryl methyl sites for hydroxylation is 2. The number of likely N-dealkylation sites (N-methyl/N-ethyl adjacent to an activating group) is 1. The lowest BCUT2D eigenvalue weighted by Gasteiger charge is -2.17. The average Bonchev–Trinajstić information content (AvgIpc) is 2.44. The van der Waals surface area contributed by atoms with Crippen molar-refractivity contribution in [3.63, 3.8) is 0 Å². The number of nitrogens with zero attached hydrogens (tertiary/aromatic N) is 1. The third kappa shape index (κ3) is 4.40. The maximum atomic E-state index is 13.6. The summed E-state index contributed by atoms with van der Waals surface area (Å²) in [6.45, 7) is 4.58. The summed E-state index contributed by atoms with van der Waals surface area (Å²) in [5.74, 6) is -0.352. The highest BCUT2D eigenvalue weighted by molar-refractivity contribution is 5.92. The lowest BCUT2D eigenvalue weighted by molar-refractivity contribution is -0.117. The fourth-order valence-corrected chi connectivity index (χ4v) is 2.36. The molecule has 0 fully saturated rings. The van der Waals surface area contributed by atoms with Gasteiger partial charge in [0.25, 0.3) is 0 Å². The zero-order chi connectivity index (χ0) is 16.1. The quantitative estimate of drug-likeness (QED) is 0.916. The van der Waals surface area contributed by atoms with E-state index in [9.17, 15) is 9.18 Å². The van der Waals surface area contributed by atoms with Crippen LogP contribution in [0.2, 0.25) is 0 Å². The minimum Gasteiger partial charge on any atom is -0.325 e. The van der Waals surface area contributed by atoms with E-state index in [1.54, 1.807) is 30.1 Å². The van der Waals surface area contributed by atoms with E-state index in [2.05, 4.69) is 5.32 Å². The third-order valence-corrected chi connectivity index (χ3v) is 3.47. The molecule has 22 heavy (non-hydrogen) atoms. The summed E-state index contributed by atoms with van der Waals surface area (Å²) in [5.41, 5.74) is 3.59. The number of hydrogen-bond donors (Lipinski definition) is 1. The molecular formula is C18H21FN2O. The lowest BCUT2D eigenvalue weighted by atomic mass is 10.1. The molecule has 0 atom stereocenters.